The van der Waals surface area contributed by atoms with Crippen molar-refractivity contribution in [2.45, 2.75) is 13.5 Å². The van der Waals surface area contributed by atoms with Gasteiger partial charge in [-0.2, -0.15) is 0 Å². The highest BCUT2D eigenvalue weighted by molar-refractivity contribution is 5.86. The van der Waals surface area contributed by atoms with Gasteiger partial charge in [-0.05, 0) is 23.3 Å². The number of rotatable bonds is 3. The lowest BCUT2D eigenvalue weighted by Crippen LogP contribution is -2.00. The molecule has 17 heavy (non-hydrogen) atoms. The molecule has 0 N–H and O–H groups in total. The summed E-state index contributed by atoms with van der Waals surface area (Å²) in [5.74, 6) is -0.305. The molecule has 2 aromatic carbocycles. The topological polar surface area (TPSA) is 26.3 Å². The van der Waals surface area contributed by atoms with Gasteiger partial charge in [0.05, 0.1) is 0 Å². The van der Waals surface area contributed by atoms with Crippen LogP contribution in [-0.4, -0.2) is 5.97 Å². The molecule has 0 fully saturated rings. The second-order valence-electron chi connectivity index (χ2n) is 3.75. The molecular weight excluding hydrogens is 212 g/mol. The summed E-state index contributed by atoms with van der Waals surface area (Å²) in [6, 6.07) is 14.1. The average molecular weight is 226 g/mol. The first-order valence-electron chi connectivity index (χ1n) is 5.57. The number of carbonyl (C=O) groups excluding carboxylic acids is 1. The molecule has 2 rings (SSSR count). The van der Waals surface area contributed by atoms with Gasteiger partial charge in [0.25, 0.3) is 0 Å². The molecule has 2 nitrogen and oxygen atoms in total. The van der Waals surface area contributed by atoms with E-state index >= 15 is 0 Å². The molecular formula is C15H14O2. The molecule has 0 aliphatic heterocycles. The van der Waals surface area contributed by atoms with Gasteiger partial charge in [0.2, 0.25) is 0 Å². The Balaban J connectivity index is 2.21. The summed E-state index contributed by atoms with van der Waals surface area (Å²) >= 11 is 0. The van der Waals surface area contributed by atoms with Gasteiger partial charge >= 0.3 is 5.97 Å². The number of allylic oxidation sites excluding steroid dienone is 1. The lowest BCUT2D eigenvalue weighted by Gasteiger charge is -2.06. The summed E-state index contributed by atoms with van der Waals surface area (Å²) in [5, 5.41) is 2.29. The summed E-state index contributed by atoms with van der Waals surface area (Å²) in [6.45, 7) is 2.10. The molecule has 0 aromatic heterocycles. The number of carbonyl (C=O) groups is 1. The summed E-state index contributed by atoms with van der Waals surface area (Å²) < 4.78 is 5.15. The predicted molar refractivity (Wildman–Crippen MR) is 68.6 cm³/mol. The van der Waals surface area contributed by atoms with Crippen molar-refractivity contribution in [2.75, 3.05) is 0 Å². The first-order chi connectivity index (χ1) is 8.31. The molecule has 2 heteroatoms. The Morgan fingerprint density at radius 3 is 2.76 bits per heavy atom. The van der Waals surface area contributed by atoms with Gasteiger partial charge in [-0.3, -0.25) is 0 Å². The van der Waals surface area contributed by atoms with Gasteiger partial charge in [0.15, 0.2) is 0 Å². The van der Waals surface area contributed by atoms with Crippen molar-refractivity contribution in [2.24, 2.45) is 0 Å². The second-order valence-corrected chi connectivity index (χ2v) is 3.75. The molecule has 86 valence electrons. The zero-order valence-electron chi connectivity index (χ0n) is 9.72. The van der Waals surface area contributed by atoms with Crippen LogP contribution in [0.4, 0.5) is 0 Å². The highest BCUT2D eigenvalue weighted by Crippen LogP contribution is 2.19. The Morgan fingerprint density at radius 1 is 1.18 bits per heavy atom. The number of fused-ring (bicyclic) bond motifs is 1. The number of ether oxygens (including phenoxy) is 1. The van der Waals surface area contributed by atoms with Crippen LogP contribution in [0.1, 0.15) is 12.5 Å². The predicted octanol–water partition coefficient (Wildman–Crippen LogP) is 3.46. The van der Waals surface area contributed by atoms with E-state index in [1.807, 2.05) is 42.5 Å². The lowest BCUT2D eigenvalue weighted by molar-refractivity contribution is -0.138. The van der Waals surface area contributed by atoms with Crippen molar-refractivity contribution in [3.8, 4) is 0 Å². The van der Waals surface area contributed by atoms with Gasteiger partial charge < -0.3 is 4.74 Å². The van der Waals surface area contributed by atoms with E-state index in [9.17, 15) is 4.79 Å². The zero-order valence-corrected chi connectivity index (χ0v) is 9.72. The Labute approximate surface area is 101 Å². The van der Waals surface area contributed by atoms with E-state index in [-0.39, 0.29) is 5.97 Å². The fourth-order valence-electron chi connectivity index (χ4n) is 1.75. The third-order valence-corrected chi connectivity index (χ3v) is 2.55. The number of benzene rings is 2. The number of hydrogen-bond donors (Lipinski definition) is 0. The van der Waals surface area contributed by atoms with Crippen LogP contribution in [0.3, 0.4) is 0 Å². The Morgan fingerprint density at radius 2 is 1.94 bits per heavy atom. The van der Waals surface area contributed by atoms with Gasteiger partial charge in [0, 0.05) is 6.08 Å². The van der Waals surface area contributed by atoms with E-state index in [2.05, 4.69) is 0 Å². The molecule has 0 radical (unpaired) electrons. The second kappa shape index (κ2) is 5.30. The average Bonchev–Trinajstić information content (AvgIpc) is 2.36. The normalized spacial score (nSPS) is 10.9. The Hall–Kier alpha value is -2.09. The van der Waals surface area contributed by atoms with Crippen molar-refractivity contribution in [3.63, 3.8) is 0 Å². The van der Waals surface area contributed by atoms with Crippen LogP contribution in [-0.2, 0) is 16.1 Å². The third kappa shape index (κ3) is 2.72. The highest BCUT2D eigenvalue weighted by atomic mass is 16.5. The maximum Gasteiger partial charge on any atom is 0.330 e. The van der Waals surface area contributed by atoms with Crippen LogP contribution in [0.2, 0.25) is 0 Å². The van der Waals surface area contributed by atoms with Crippen LogP contribution in [0, 0.1) is 0 Å². The first kappa shape index (κ1) is 11.4. The largest absolute Gasteiger partial charge is 0.458 e. The van der Waals surface area contributed by atoms with Crippen molar-refractivity contribution in [1.82, 2.24) is 0 Å². The maximum atomic E-state index is 11.2. The smallest absolute Gasteiger partial charge is 0.330 e. The van der Waals surface area contributed by atoms with Crippen LogP contribution in [0.5, 0.6) is 0 Å². The molecule has 0 amide bonds. The number of esters is 1. The quantitative estimate of drug-likeness (QED) is 0.591. The zero-order chi connectivity index (χ0) is 12.1. The van der Waals surface area contributed by atoms with Gasteiger partial charge in [-0.15, -0.1) is 0 Å². The van der Waals surface area contributed by atoms with Crippen molar-refractivity contribution in [3.05, 3.63) is 60.2 Å². The van der Waals surface area contributed by atoms with Crippen molar-refractivity contribution < 1.29 is 9.53 Å². The molecule has 0 atom stereocenters. The van der Waals surface area contributed by atoms with Crippen molar-refractivity contribution >= 4 is 16.7 Å². The fourth-order valence-corrected chi connectivity index (χ4v) is 1.75. The van der Waals surface area contributed by atoms with E-state index in [4.69, 9.17) is 4.74 Å². The van der Waals surface area contributed by atoms with Crippen LogP contribution in [0.15, 0.2) is 54.6 Å². The Bertz CT molecular complexity index is 550. The highest BCUT2D eigenvalue weighted by Gasteiger charge is 2.02. The van der Waals surface area contributed by atoms with Gasteiger partial charge in [-0.1, -0.05) is 48.5 Å². The number of hydrogen-bond acceptors (Lipinski definition) is 2. The van der Waals surface area contributed by atoms with Crippen LogP contribution in [0.25, 0.3) is 10.8 Å². The van der Waals surface area contributed by atoms with Gasteiger partial charge in [-0.25, -0.2) is 4.79 Å². The molecule has 0 unspecified atom stereocenters. The Kier molecular flexibility index (Phi) is 3.55. The summed E-state index contributed by atoms with van der Waals surface area (Å²) in [5.41, 5.74) is 1.03. The van der Waals surface area contributed by atoms with E-state index < -0.39 is 0 Å². The minimum absolute atomic E-state index is 0.305. The summed E-state index contributed by atoms with van der Waals surface area (Å²) in [6.07, 6.45) is 3.09. The van der Waals surface area contributed by atoms with E-state index in [0.717, 1.165) is 16.3 Å². The van der Waals surface area contributed by atoms with Crippen LogP contribution >= 0.6 is 0 Å². The maximum absolute atomic E-state index is 11.2. The third-order valence-electron chi connectivity index (χ3n) is 2.55. The standard InChI is InChI=1S/C15H14O2/c1-2-6-15(16)17-11-13-9-5-8-12-7-3-4-10-14(12)13/h2-10H,11H2,1H3. The van der Waals surface area contributed by atoms with Crippen molar-refractivity contribution in [1.29, 1.82) is 0 Å². The van der Waals surface area contributed by atoms with Gasteiger partial charge in [0.1, 0.15) is 6.61 Å². The SMILES string of the molecule is CC=CC(=O)OCc1cccc2ccccc12. The van der Waals surface area contributed by atoms with E-state index in [0.29, 0.717) is 6.61 Å². The summed E-state index contributed by atoms with van der Waals surface area (Å²) in [4.78, 5) is 11.2. The molecule has 0 bridgehead atoms. The monoisotopic (exact) mass is 226 g/mol. The molecule has 0 aliphatic carbocycles. The molecule has 0 saturated heterocycles. The fraction of sp³-hybridized carbons (Fsp3) is 0.133. The minimum atomic E-state index is -0.305. The molecule has 2 aromatic rings. The summed E-state index contributed by atoms with van der Waals surface area (Å²) in [7, 11) is 0. The van der Waals surface area contributed by atoms with E-state index in [1.165, 1.54) is 6.08 Å². The molecule has 0 saturated carbocycles. The minimum Gasteiger partial charge on any atom is -0.458 e. The molecule has 0 aliphatic rings. The first-order valence-corrected chi connectivity index (χ1v) is 5.57. The van der Waals surface area contributed by atoms with Crippen LogP contribution < -0.4 is 0 Å². The molecule has 0 heterocycles. The lowest BCUT2D eigenvalue weighted by atomic mass is 10.1. The van der Waals surface area contributed by atoms with E-state index in [1.54, 1.807) is 13.0 Å². The molecule has 0 spiro atoms.